The molecule has 3 nitrogen and oxygen atoms in total. The third-order valence-electron chi connectivity index (χ3n) is 3.55. The highest BCUT2D eigenvalue weighted by Crippen LogP contribution is 2.22. The van der Waals surface area contributed by atoms with Crippen molar-refractivity contribution in [2.45, 2.75) is 6.54 Å². The molecule has 0 bridgehead atoms. The normalized spacial score (nSPS) is 10.5. The van der Waals surface area contributed by atoms with E-state index in [0.29, 0.717) is 17.8 Å². The topological polar surface area (TPSA) is 40.8 Å². The average Bonchev–Trinajstić information content (AvgIpc) is 2.83. The number of rotatable bonds is 3. The standard InChI is InChI=1S/C17H14FN3/c1-21-11-13(14-4-2-3-5-17(14)21)10-20-16-7-6-12(9-19)8-15(16)18/h2-8,11,20H,10H2,1H3. The van der Waals surface area contributed by atoms with Crippen LogP contribution in [0.1, 0.15) is 11.1 Å². The molecule has 0 atom stereocenters. The van der Waals surface area contributed by atoms with Crippen molar-refractivity contribution in [3.63, 3.8) is 0 Å². The fourth-order valence-electron chi connectivity index (χ4n) is 2.48. The number of aromatic nitrogens is 1. The first-order valence-corrected chi connectivity index (χ1v) is 6.65. The summed E-state index contributed by atoms with van der Waals surface area (Å²) >= 11 is 0. The monoisotopic (exact) mass is 279 g/mol. The van der Waals surface area contributed by atoms with Gasteiger partial charge in [-0.1, -0.05) is 18.2 Å². The molecule has 1 aromatic heterocycles. The largest absolute Gasteiger partial charge is 0.379 e. The Bertz CT molecular complexity index is 843. The van der Waals surface area contributed by atoms with E-state index in [2.05, 4.69) is 22.0 Å². The molecule has 1 heterocycles. The van der Waals surface area contributed by atoms with E-state index >= 15 is 0 Å². The van der Waals surface area contributed by atoms with Crippen LogP contribution in [0.2, 0.25) is 0 Å². The molecule has 0 unspecified atom stereocenters. The molecule has 0 aliphatic carbocycles. The van der Waals surface area contributed by atoms with Gasteiger partial charge < -0.3 is 9.88 Å². The van der Waals surface area contributed by atoms with Crippen molar-refractivity contribution in [3.8, 4) is 6.07 Å². The van der Waals surface area contributed by atoms with Crippen LogP contribution in [0.3, 0.4) is 0 Å². The van der Waals surface area contributed by atoms with Crippen molar-refractivity contribution in [1.29, 1.82) is 5.26 Å². The van der Waals surface area contributed by atoms with Gasteiger partial charge >= 0.3 is 0 Å². The highest BCUT2D eigenvalue weighted by molar-refractivity contribution is 5.84. The summed E-state index contributed by atoms with van der Waals surface area (Å²) in [5.41, 5.74) is 2.98. The van der Waals surface area contributed by atoms with E-state index in [9.17, 15) is 4.39 Å². The Morgan fingerprint density at radius 2 is 2.05 bits per heavy atom. The van der Waals surface area contributed by atoms with Crippen molar-refractivity contribution in [1.82, 2.24) is 4.57 Å². The van der Waals surface area contributed by atoms with Crippen LogP contribution in [-0.2, 0) is 13.6 Å². The molecule has 0 saturated carbocycles. The second-order valence-electron chi connectivity index (χ2n) is 4.94. The number of aryl methyl sites for hydroxylation is 1. The molecule has 0 aliphatic rings. The molecule has 0 amide bonds. The first-order valence-electron chi connectivity index (χ1n) is 6.65. The Labute approximate surface area is 122 Å². The lowest BCUT2D eigenvalue weighted by Crippen LogP contribution is -2.01. The molecule has 1 N–H and O–H groups in total. The van der Waals surface area contributed by atoms with Gasteiger partial charge in [0.25, 0.3) is 0 Å². The first-order chi connectivity index (χ1) is 10.2. The summed E-state index contributed by atoms with van der Waals surface area (Å²) in [6.45, 7) is 0.532. The summed E-state index contributed by atoms with van der Waals surface area (Å²) in [4.78, 5) is 0. The third-order valence-corrected chi connectivity index (χ3v) is 3.55. The van der Waals surface area contributed by atoms with Gasteiger partial charge in [0.1, 0.15) is 5.82 Å². The minimum atomic E-state index is -0.408. The fraction of sp³-hybridized carbons (Fsp3) is 0.118. The zero-order valence-corrected chi connectivity index (χ0v) is 11.6. The Morgan fingerprint density at radius 1 is 1.24 bits per heavy atom. The smallest absolute Gasteiger partial charge is 0.147 e. The van der Waals surface area contributed by atoms with Gasteiger partial charge in [-0.05, 0) is 29.8 Å². The van der Waals surface area contributed by atoms with Crippen molar-refractivity contribution in [2.75, 3.05) is 5.32 Å². The number of anilines is 1. The van der Waals surface area contributed by atoms with Gasteiger partial charge in [-0.2, -0.15) is 5.26 Å². The molecule has 0 aliphatic heterocycles. The number of fused-ring (bicyclic) bond motifs is 1. The number of halogens is 1. The van der Waals surface area contributed by atoms with E-state index in [-0.39, 0.29) is 0 Å². The number of para-hydroxylation sites is 1. The highest BCUT2D eigenvalue weighted by atomic mass is 19.1. The van der Waals surface area contributed by atoms with Gasteiger partial charge in [0.15, 0.2) is 0 Å². The molecule has 0 fully saturated rings. The van der Waals surface area contributed by atoms with Crippen LogP contribution in [0.5, 0.6) is 0 Å². The summed E-state index contributed by atoms with van der Waals surface area (Å²) < 4.78 is 15.9. The van der Waals surface area contributed by atoms with Crippen molar-refractivity contribution in [3.05, 3.63) is 65.6 Å². The quantitative estimate of drug-likeness (QED) is 0.792. The fourth-order valence-corrected chi connectivity index (χ4v) is 2.48. The van der Waals surface area contributed by atoms with Crippen molar-refractivity contribution < 1.29 is 4.39 Å². The minimum absolute atomic E-state index is 0.322. The second-order valence-corrected chi connectivity index (χ2v) is 4.94. The molecule has 4 heteroatoms. The predicted octanol–water partition coefficient (Wildman–Crippen LogP) is 3.80. The number of nitrogens with one attached hydrogen (secondary N) is 1. The van der Waals surface area contributed by atoms with Crippen LogP contribution in [0, 0.1) is 17.1 Å². The SMILES string of the molecule is Cn1cc(CNc2ccc(C#N)cc2F)c2ccccc21. The Morgan fingerprint density at radius 3 is 2.81 bits per heavy atom. The van der Waals surface area contributed by atoms with Gasteiger partial charge in [0.05, 0.1) is 17.3 Å². The summed E-state index contributed by atoms with van der Waals surface area (Å²) in [6, 6.07) is 14.5. The maximum Gasteiger partial charge on any atom is 0.147 e. The molecule has 0 spiro atoms. The molecular formula is C17H14FN3. The number of hydrogen-bond donors (Lipinski definition) is 1. The van der Waals surface area contributed by atoms with Gasteiger partial charge in [0.2, 0.25) is 0 Å². The van der Waals surface area contributed by atoms with Crippen LogP contribution < -0.4 is 5.32 Å². The van der Waals surface area contributed by atoms with E-state index in [1.165, 1.54) is 6.07 Å². The predicted molar refractivity (Wildman–Crippen MR) is 81.4 cm³/mol. The lowest BCUT2D eigenvalue weighted by Gasteiger charge is -2.07. The molecule has 2 aromatic carbocycles. The van der Waals surface area contributed by atoms with Crippen molar-refractivity contribution in [2.24, 2.45) is 7.05 Å². The second kappa shape index (κ2) is 5.29. The van der Waals surface area contributed by atoms with Crippen molar-refractivity contribution >= 4 is 16.6 Å². The maximum absolute atomic E-state index is 13.8. The molecule has 3 rings (SSSR count). The Balaban J connectivity index is 1.86. The van der Waals surface area contributed by atoms with E-state index in [1.54, 1.807) is 12.1 Å². The number of nitrogens with zero attached hydrogens (tertiary/aromatic N) is 2. The summed E-state index contributed by atoms with van der Waals surface area (Å²) in [5, 5.41) is 13.0. The van der Waals surface area contributed by atoms with Gasteiger partial charge in [-0.25, -0.2) is 4.39 Å². The Kier molecular flexibility index (Phi) is 3.33. The summed E-state index contributed by atoms with van der Waals surface area (Å²) in [7, 11) is 1.99. The Hall–Kier alpha value is -2.80. The lowest BCUT2D eigenvalue weighted by atomic mass is 10.1. The third kappa shape index (κ3) is 2.46. The van der Waals surface area contributed by atoms with Crippen LogP contribution in [0.4, 0.5) is 10.1 Å². The van der Waals surface area contributed by atoms with Crippen LogP contribution >= 0.6 is 0 Å². The molecular weight excluding hydrogens is 265 g/mol. The molecule has 21 heavy (non-hydrogen) atoms. The number of benzene rings is 2. The highest BCUT2D eigenvalue weighted by Gasteiger charge is 2.07. The lowest BCUT2D eigenvalue weighted by molar-refractivity contribution is 0.629. The number of hydrogen-bond acceptors (Lipinski definition) is 2. The van der Waals surface area contributed by atoms with Gasteiger partial charge in [0, 0.05) is 30.7 Å². The zero-order valence-electron chi connectivity index (χ0n) is 11.6. The van der Waals surface area contributed by atoms with Gasteiger partial charge in [-0.15, -0.1) is 0 Å². The minimum Gasteiger partial charge on any atom is -0.379 e. The van der Waals surface area contributed by atoms with E-state index in [1.807, 2.05) is 31.4 Å². The number of nitriles is 1. The van der Waals surface area contributed by atoms with E-state index in [4.69, 9.17) is 5.26 Å². The molecule has 104 valence electrons. The first kappa shape index (κ1) is 13.2. The van der Waals surface area contributed by atoms with E-state index < -0.39 is 5.82 Å². The zero-order chi connectivity index (χ0) is 14.8. The van der Waals surface area contributed by atoms with Crippen LogP contribution in [-0.4, -0.2) is 4.57 Å². The van der Waals surface area contributed by atoms with Gasteiger partial charge in [-0.3, -0.25) is 0 Å². The molecule has 3 aromatic rings. The maximum atomic E-state index is 13.8. The van der Waals surface area contributed by atoms with E-state index in [0.717, 1.165) is 16.5 Å². The van der Waals surface area contributed by atoms with Crippen LogP contribution in [0.25, 0.3) is 10.9 Å². The average molecular weight is 279 g/mol. The molecule has 0 saturated heterocycles. The summed E-state index contributed by atoms with van der Waals surface area (Å²) in [6.07, 6.45) is 2.04. The van der Waals surface area contributed by atoms with Crippen LogP contribution in [0.15, 0.2) is 48.7 Å². The molecule has 0 radical (unpaired) electrons. The summed E-state index contributed by atoms with van der Waals surface area (Å²) in [5.74, 6) is -0.408.